The van der Waals surface area contributed by atoms with E-state index in [9.17, 15) is 4.79 Å². The summed E-state index contributed by atoms with van der Waals surface area (Å²) in [5, 5.41) is 3.75. The highest BCUT2D eigenvalue weighted by atomic mass is 35.5. The van der Waals surface area contributed by atoms with Gasteiger partial charge < -0.3 is 10.2 Å². The minimum Gasteiger partial charge on any atom is -0.317 e. The molecule has 3 rings (SSSR count). The molecule has 2 aromatic carbocycles. The first-order valence-corrected chi connectivity index (χ1v) is 8.97. The Kier molecular flexibility index (Phi) is 5.76. The van der Waals surface area contributed by atoms with Crippen LogP contribution in [-0.4, -0.2) is 17.0 Å². The molecule has 3 nitrogen and oxygen atoms in total. The molecule has 1 fully saturated rings. The predicted molar refractivity (Wildman–Crippen MR) is 99.3 cm³/mol. The lowest BCUT2D eigenvalue weighted by molar-refractivity contribution is 0.163. The van der Waals surface area contributed by atoms with Gasteiger partial charge >= 0.3 is 6.03 Å². The van der Waals surface area contributed by atoms with Gasteiger partial charge in [0.15, 0.2) is 0 Å². The number of hydrogen-bond donors (Lipinski definition) is 1. The van der Waals surface area contributed by atoms with Crippen molar-refractivity contribution in [2.45, 2.75) is 44.7 Å². The van der Waals surface area contributed by atoms with E-state index in [1.165, 1.54) is 19.3 Å². The van der Waals surface area contributed by atoms with Gasteiger partial charge in [-0.2, -0.15) is 0 Å². The number of rotatable bonds is 4. The number of benzene rings is 2. The number of urea groups is 1. The van der Waals surface area contributed by atoms with Crippen molar-refractivity contribution in [2.24, 2.45) is 0 Å². The van der Waals surface area contributed by atoms with Crippen molar-refractivity contribution in [1.82, 2.24) is 4.90 Å². The summed E-state index contributed by atoms with van der Waals surface area (Å²) >= 11 is 5.97. The van der Waals surface area contributed by atoms with Crippen molar-refractivity contribution in [3.8, 4) is 0 Å². The van der Waals surface area contributed by atoms with Gasteiger partial charge in [-0.3, -0.25) is 0 Å². The van der Waals surface area contributed by atoms with Crippen LogP contribution in [0.15, 0.2) is 54.6 Å². The molecule has 1 saturated carbocycles. The zero-order chi connectivity index (χ0) is 16.8. The molecule has 0 aliphatic heterocycles. The quantitative estimate of drug-likeness (QED) is 0.758. The Labute approximate surface area is 148 Å². The van der Waals surface area contributed by atoms with Crippen molar-refractivity contribution in [1.29, 1.82) is 0 Å². The molecule has 0 heterocycles. The van der Waals surface area contributed by atoms with Gasteiger partial charge in [0.1, 0.15) is 0 Å². The summed E-state index contributed by atoms with van der Waals surface area (Å²) in [4.78, 5) is 14.9. The van der Waals surface area contributed by atoms with Crippen LogP contribution < -0.4 is 5.32 Å². The Morgan fingerprint density at radius 2 is 1.67 bits per heavy atom. The van der Waals surface area contributed by atoms with Crippen LogP contribution in [0.5, 0.6) is 0 Å². The van der Waals surface area contributed by atoms with E-state index in [0.29, 0.717) is 12.6 Å². The minimum atomic E-state index is -0.0250. The molecule has 1 aliphatic rings. The summed E-state index contributed by atoms with van der Waals surface area (Å²) in [6, 6.07) is 17.7. The highest BCUT2D eigenvalue weighted by Gasteiger charge is 2.25. The highest BCUT2D eigenvalue weighted by Crippen LogP contribution is 2.25. The lowest BCUT2D eigenvalue weighted by atomic mass is 9.94. The maximum absolute atomic E-state index is 12.9. The average Bonchev–Trinajstić information content (AvgIpc) is 2.63. The zero-order valence-corrected chi connectivity index (χ0v) is 14.5. The molecule has 2 amide bonds. The van der Waals surface area contributed by atoms with Crippen LogP contribution in [0.3, 0.4) is 0 Å². The van der Waals surface area contributed by atoms with Crippen LogP contribution in [0.2, 0.25) is 5.02 Å². The first kappa shape index (κ1) is 16.8. The zero-order valence-electron chi connectivity index (χ0n) is 13.7. The molecule has 0 aromatic heterocycles. The standard InChI is InChI=1S/C20H23ClN2O/c21-17-13-11-16(12-14-17)15-23(19-9-5-2-6-10-19)20(24)22-18-7-3-1-4-8-18/h1,3-4,7-8,11-14,19H,2,5-6,9-10,15H2,(H,22,24). The third-order valence-corrected chi connectivity index (χ3v) is 4.82. The molecule has 0 spiro atoms. The van der Waals surface area contributed by atoms with Crippen LogP contribution in [-0.2, 0) is 6.54 Å². The SMILES string of the molecule is O=C(Nc1ccccc1)N(Cc1ccc(Cl)cc1)C1CCCCC1. The number of nitrogens with one attached hydrogen (secondary N) is 1. The summed E-state index contributed by atoms with van der Waals surface area (Å²) in [6.07, 6.45) is 5.82. The fourth-order valence-corrected chi connectivity index (χ4v) is 3.39. The highest BCUT2D eigenvalue weighted by molar-refractivity contribution is 6.30. The molecule has 4 heteroatoms. The van der Waals surface area contributed by atoms with Crippen molar-refractivity contribution in [3.63, 3.8) is 0 Å². The minimum absolute atomic E-state index is 0.0250. The van der Waals surface area contributed by atoms with Crippen LogP contribution in [0.1, 0.15) is 37.7 Å². The molecule has 1 N–H and O–H groups in total. The second kappa shape index (κ2) is 8.20. The van der Waals surface area contributed by atoms with Crippen LogP contribution in [0.4, 0.5) is 10.5 Å². The summed E-state index contributed by atoms with van der Waals surface area (Å²) in [5.41, 5.74) is 1.94. The van der Waals surface area contributed by atoms with E-state index < -0.39 is 0 Å². The maximum Gasteiger partial charge on any atom is 0.322 e. The number of anilines is 1. The van der Waals surface area contributed by atoms with E-state index in [1.807, 2.05) is 59.5 Å². The van der Waals surface area contributed by atoms with E-state index in [-0.39, 0.29) is 6.03 Å². The Morgan fingerprint density at radius 1 is 1.00 bits per heavy atom. The molecule has 24 heavy (non-hydrogen) atoms. The fourth-order valence-electron chi connectivity index (χ4n) is 3.26. The number of halogens is 1. The van der Waals surface area contributed by atoms with Gasteiger partial charge in [0, 0.05) is 23.3 Å². The number of carbonyl (C=O) groups is 1. The van der Waals surface area contributed by atoms with Gasteiger partial charge in [-0.1, -0.05) is 61.2 Å². The lowest BCUT2D eigenvalue weighted by Crippen LogP contribution is -2.43. The van der Waals surface area contributed by atoms with E-state index in [2.05, 4.69) is 5.32 Å². The van der Waals surface area contributed by atoms with Gasteiger partial charge in [0.25, 0.3) is 0 Å². The molecule has 0 atom stereocenters. The molecule has 0 saturated heterocycles. The van der Waals surface area contributed by atoms with E-state index in [0.717, 1.165) is 29.1 Å². The second-order valence-electron chi connectivity index (χ2n) is 6.34. The van der Waals surface area contributed by atoms with Gasteiger partial charge in [0.05, 0.1) is 0 Å². The summed E-state index contributed by atoms with van der Waals surface area (Å²) in [5.74, 6) is 0. The van der Waals surface area contributed by atoms with E-state index in [4.69, 9.17) is 11.6 Å². The van der Waals surface area contributed by atoms with Crippen molar-refractivity contribution in [3.05, 3.63) is 65.2 Å². The normalized spacial score (nSPS) is 15.0. The molecule has 0 radical (unpaired) electrons. The van der Waals surface area contributed by atoms with Crippen molar-refractivity contribution >= 4 is 23.3 Å². The number of carbonyl (C=O) groups excluding carboxylic acids is 1. The summed E-state index contributed by atoms with van der Waals surface area (Å²) < 4.78 is 0. The smallest absolute Gasteiger partial charge is 0.317 e. The average molecular weight is 343 g/mol. The van der Waals surface area contributed by atoms with Gasteiger partial charge in [-0.05, 0) is 42.7 Å². The third-order valence-electron chi connectivity index (χ3n) is 4.57. The van der Waals surface area contributed by atoms with Crippen LogP contribution in [0.25, 0.3) is 0 Å². The van der Waals surface area contributed by atoms with Crippen molar-refractivity contribution < 1.29 is 4.79 Å². The number of amides is 2. The first-order chi connectivity index (χ1) is 11.7. The monoisotopic (exact) mass is 342 g/mol. The third kappa shape index (κ3) is 4.51. The van der Waals surface area contributed by atoms with E-state index >= 15 is 0 Å². The number of para-hydroxylation sites is 1. The molecule has 0 unspecified atom stereocenters. The fraction of sp³-hybridized carbons (Fsp3) is 0.350. The summed E-state index contributed by atoms with van der Waals surface area (Å²) in [7, 11) is 0. The molecule has 2 aromatic rings. The van der Waals surface area contributed by atoms with E-state index in [1.54, 1.807) is 0 Å². The predicted octanol–water partition coefficient (Wildman–Crippen LogP) is 5.71. The second-order valence-corrected chi connectivity index (χ2v) is 6.78. The molecule has 1 aliphatic carbocycles. The van der Waals surface area contributed by atoms with Crippen LogP contribution in [0, 0.1) is 0 Å². The number of nitrogens with zero attached hydrogens (tertiary/aromatic N) is 1. The van der Waals surface area contributed by atoms with Gasteiger partial charge in [-0.15, -0.1) is 0 Å². The van der Waals surface area contributed by atoms with Crippen LogP contribution >= 0.6 is 11.6 Å². The Bertz CT molecular complexity index is 651. The number of hydrogen-bond acceptors (Lipinski definition) is 1. The van der Waals surface area contributed by atoms with Gasteiger partial charge in [0.2, 0.25) is 0 Å². The molecular weight excluding hydrogens is 320 g/mol. The molecule has 126 valence electrons. The van der Waals surface area contributed by atoms with Gasteiger partial charge in [-0.25, -0.2) is 4.79 Å². The maximum atomic E-state index is 12.9. The largest absolute Gasteiger partial charge is 0.322 e. The Balaban J connectivity index is 1.75. The Morgan fingerprint density at radius 3 is 2.33 bits per heavy atom. The topological polar surface area (TPSA) is 32.3 Å². The lowest BCUT2D eigenvalue weighted by Gasteiger charge is -2.34. The molecular formula is C20H23ClN2O. The Hall–Kier alpha value is -2.00. The van der Waals surface area contributed by atoms with Crippen molar-refractivity contribution in [2.75, 3.05) is 5.32 Å². The summed E-state index contributed by atoms with van der Waals surface area (Å²) in [6.45, 7) is 0.612. The first-order valence-electron chi connectivity index (χ1n) is 8.59. The molecule has 0 bridgehead atoms.